The van der Waals surface area contributed by atoms with Crippen LogP contribution in [0.2, 0.25) is 0 Å². The summed E-state index contributed by atoms with van der Waals surface area (Å²) in [6.45, 7) is 5.97. The smallest absolute Gasteiger partial charge is 0.409 e. The largest absolute Gasteiger partial charge is 0.445 e. The van der Waals surface area contributed by atoms with E-state index in [1.165, 1.54) is 0 Å². The number of methoxy groups -OCH3 is 1. The summed E-state index contributed by atoms with van der Waals surface area (Å²) in [5.41, 5.74) is 3.11. The first-order valence-corrected chi connectivity index (χ1v) is 11.8. The number of amides is 1. The molecule has 3 unspecified atom stereocenters. The van der Waals surface area contributed by atoms with Gasteiger partial charge in [-0.25, -0.2) is 4.79 Å². The second kappa shape index (κ2) is 10.4. The standard InChI is InChI=1S/C26H32NO4P/c1-19(2)17-26(32-29)16-10-15-23(26)25(3,30-4)27-24(28)31-18-21-13-8-9-14-22(21)20-11-6-5-7-12-20/h5-9,11-14,17,23H,10,15-16,18H2,1-4H3,(H,27,28). The SMILES string of the molecule is COC(C)(NC(=O)OCc1ccccc1-c1ccccc1)C1CCCC1(C=C(C)C)P=O. The first-order chi connectivity index (χ1) is 15.3. The third kappa shape index (κ3) is 5.28. The predicted octanol–water partition coefficient (Wildman–Crippen LogP) is 6.74. The van der Waals surface area contributed by atoms with E-state index in [0.717, 1.165) is 41.5 Å². The Kier molecular flexibility index (Phi) is 7.86. The molecule has 5 nitrogen and oxygen atoms in total. The van der Waals surface area contributed by atoms with Crippen molar-refractivity contribution in [3.63, 3.8) is 0 Å². The van der Waals surface area contributed by atoms with Gasteiger partial charge in [-0.15, -0.1) is 0 Å². The van der Waals surface area contributed by atoms with E-state index in [4.69, 9.17) is 9.47 Å². The van der Waals surface area contributed by atoms with Crippen LogP contribution in [-0.4, -0.2) is 24.1 Å². The first kappa shape index (κ1) is 24.2. The van der Waals surface area contributed by atoms with Gasteiger partial charge in [0.2, 0.25) is 0 Å². The molecule has 0 saturated heterocycles. The van der Waals surface area contributed by atoms with Gasteiger partial charge in [0.1, 0.15) is 12.3 Å². The number of carbonyl (C=O) groups excluding carboxylic acids is 1. The van der Waals surface area contributed by atoms with Gasteiger partial charge >= 0.3 is 6.09 Å². The molecular formula is C26H32NO4P. The predicted molar refractivity (Wildman–Crippen MR) is 128 cm³/mol. The molecule has 3 atom stereocenters. The van der Waals surface area contributed by atoms with Gasteiger partial charge in [0, 0.05) is 13.0 Å². The number of rotatable bonds is 8. The minimum atomic E-state index is -1.00. The Morgan fingerprint density at radius 1 is 1.19 bits per heavy atom. The van der Waals surface area contributed by atoms with Gasteiger partial charge in [-0.1, -0.05) is 72.7 Å². The quantitative estimate of drug-likeness (QED) is 0.273. The van der Waals surface area contributed by atoms with E-state index in [2.05, 4.69) is 11.4 Å². The Morgan fingerprint density at radius 3 is 2.53 bits per heavy atom. The first-order valence-electron chi connectivity index (χ1n) is 11.0. The van der Waals surface area contributed by atoms with Crippen LogP contribution in [0.4, 0.5) is 4.79 Å². The summed E-state index contributed by atoms with van der Waals surface area (Å²) in [5, 5.41) is 2.36. The maximum atomic E-state index is 12.8. The fraction of sp³-hybridized carbons (Fsp3) is 0.423. The molecule has 1 fully saturated rings. The van der Waals surface area contributed by atoms with Crippen molar-refractivity contribution in [3.05, 3.63) is 71.8 Å². The number of ether oxygens (including phenoxy) is 2. The number of alkyl carbamates (subject to hydrolysis) is 1. The zero-order valence-electron chi connectivity index (χ0n) is 19.3. The molecule has 2 aromatic carbocycles. The lowest BCUT2D eigenvalue weighted by Crippen LogP contribution is -2.57. The third-order valence-corrected chi connectivity index (χ3v) is 7.29. The van der Waals surface area contributed by atoms with Crippen LogP contribution in [0.1, 0.15) is 45.6 Å². The molecule has 1 aliphatic rings. The second-order valence-electron chi connectivity index (χ2n) is 8.78. The molecule has 2 aromatic rings. The Hall–Kier alpha value is -2.49. The number of hydrogen-bond donors (Lipinski definition) is 1. The topological polar surface area (TPSA) is 64.6 Å². The van der Waals surface area contributed by atoms with Crippen molar-refractivity contribution in [1.29, 1.82) is 0 Å². The fourth-order valence-electron chi connectivity index (χ4n) is 4.78. The van der Waals surface area contributed by atoms with Gasteiger partial charge < -0.3 is 9.47 Å². The van der Waals surface area contributed by atoms with Crippen molar-refractivity contribution in [2.75, 3.05) is 7.11 Å². The van der Waals surface area contributed by atoms with E-state index in [1.54, 1.807) is 7.11 Å². The van der Waals surface area contributed by atoms with Crippen LogP contribution < -0.4 is 5.32 Å². The summed E-state index contributed by atoms with van der Waals surface area (Å²) in [7, 11) is 1.61. The molecule has 0 aromatic heterocycles. The normalized spacial score (nSPS) is 22.2. The van der Waals surface area contributed by atoms with Crippen molar-refractivity contribution in [1.82, 2.24) is 5.32 Å². The average Bonchev–Trinajstić information content (AvgIpc) is 3.22. The minimum Gasteiger partial charge on any atom is -0.445 e. The van der Waals surface area contributed by atoms with E-state index in [-0.39, 0.29) is 21.0 Å². The molecule has 1 N–H and O–H groups in total. The van der Waals surface area contributed by atoms with Crippen molar-refractivity contribution in [3.8, 4) is 11.1 Å². The Balaban J connectivity index is 1.74. The van der Waals surface area contributed by atoms with Gasteiger partial charge in [0.05, 0.1) is 5.16 Å². The highest BCUT2D eigenvalue weighted by atomic mass is 31.1. The van der Waals surface area contributed by atoms with E-state index in [9.17, 15) is 9.36 Å². The maximum absolute atomic E-state index is 12.8. The van der Waals surface area contributed by atoms with Gasteiger partial charge in [0.25, 0.3) is 0 Å². The zero-order valence-corrected chi connectivity index (χ0v) is 20.2. The number of hydrogen-bond acceptors (Lipinski definition) is 4. The lowest BCUT2D eigenvalue weighted by atomic mass is 9.84. The van der Waals surface area contributed by atoms with E-state index in [1.807, 2.05) is 75.4 Å². The van der Waals surface area contributed by atoms with Crippen molar-refractivity contribution >= 4 is 14.6 Å². The third-order valence-electron chi connectivity index (χ3n) is 6.28. The Morgan fingerprint density at radius 2 is 1.88 bits per heavy atom. The van der Waals surface area contributed by atoms with Crippen LogP contribution >= 0.6 is 8.46 Å². The molecule has 1 aliphatic carbocycles. The molecule has 3 rings (SSSR count). The Labute approximate surface area is 192 Å². The summed E-state index contributed by atoms with van der Waals surface area (Å²) >= 11 is 0. The van der Waals surface area contributed by atoms with Crippen molar-refractivity contribution in [2.24, 2.45) is 5.92 Å². The second-order valence-corrected chi connectivity index (χ2v) is 9.80. The molecule has 0 bridgehead atoms. The van der Waals surface area contributed by atoms with Crippen LogP contribution in [-0.2, 0) is 20.6 Å². The monoisotopic (exact) mass is 453 g/mol. The highest BCUT2D eigenvalue weighted by molar-refractivity contribution is 7.26. The van der Waals surface area contributed by atoms with Gasteiger partial charge in [0.15, 0.2) is 8.46 Å². The Bertz CT molecular complexity index is 973. The van der Waals surface area contributed by atoms with Gasteiger partial charge in [-0.05, 0) is 50.3 Å². The summed E-state index contributed by atoms with van der Waals surface area (Å²) in [6.07, 6.45) is 4.01. The van der Waals surface area contributed by atoms with E-state index < -0.39 is 17.0 Å². The maximum Gasteiger partial charge on any atom is 0.409 e. The van der Waals surface area contributed by atoms with Crippen molar-refractivity contribution < 1.29 is 18.8 Å². The van der Waals surface area contributed by atoms with Crippen LogP contribution in [0, 0.1) is 5.92 Å². The van der Waals surface area contributed by atoms with Gasteiger partial charge in [-0.3, -0.25) is 9.88 Å². The highest BCUT2D eigenvalue weighted by Crippen LogP contribution is 2.51. The molecule has 6 heteroatoms. The number of benzene rings is 2. The summed E-state index contributed by atoms with van der Waals surface area (Å²) < 4.78 is 23.7. The molecule has 0 spiro atoms. The molecule has 32 heavy (non-hydrogen) atoms. The molecule has 0 aliphatic heterocycles. The molecule has 0 heterocycles. The van der Waals surface area contributed by atoms with Crippen LogP contribution in [0.15, 0.2) is 66.2 Å². The van der Waals surface area contributed by atoms with Crippen LogP contribution in [0.25, 0.3) is 11.1 Å². The lowest BCUT2D eigenvalue weighted by molar-refractivity contribution is -0.0703. The minimum absolute atomic E-state index is 0.0435. The van der Waals surface area contributed by atoms with E-state index in [0.29, 0.717) is 0 Å². The fourth-order valence-corrected chi connectivity index (χ4v) is 5.85. The number of carbonyl (C=O) groups is 1. The number of nitrogens with one attached hydrogen (secondary N) is 1. The van der Waals surface area contributed by atoms with E-state index >= 15 is 0 Å². The highest BCUT2D eigenvalue weighted by Gasteiger charge is 2.52. The van der Waals surface area contributed by atoms with Crippen LogP contribution in [0.5, 0.6) is 0 Å². The molecule has 1 amide bonds. The summed E-state index contributed by atoms with van der Waals surface area (Å²) in [5.74, 6) is -0.141. The summed E-state index contributed by atoms with van der Waals surface area (Å²) in [4.78, 5) is 12.8. The number of allylic oxidation sites excluding steroid dienone is 2. The zero-order chi connectivity index (χ0) is 23.2. The van der Waals surface area contributed by atoms with Crippen molar-refractivity contribution in [2.45, 2.75) is 57.5 Å². The summed E-state index contributed by atoms with van der Waals surface area (Å²) in [6, 6.07) is 17.9. The molecule has 1 saturated carbocycles. The average molecular weight is 454 g/mol. The molecular weight excluding hydrogens is 421 g/mol. The van der Waals surface area contributed by atoms with Gasteiger partial charge in [-0.2, -0.15) is 0 Å². The lowest BCUT2D eigenvalue weighted by Gasteiger charge is -2.40. The molecule has 0 radical (unpaired) electrons. The molecule has 170 valence electrons. The van der Waals surface area contributed by atoms with Crippen LogP contribution in [0.3, 0.4) is 0 Å².